The van der Waals surface area contributed by atoms with E-state index in [2.05, 4.69) is 5.32 Å². The van der Waals surface area contributed by atoms with Gasteiger partial charge in [-0.1, -0.05) is 25.0 Å². The van der Waals surface area contributed by atoms with E-state index < -0.39 is 0 Å². The Bertz CT molecular complexity index is 359. The van der Waals surface area contributed by atoms with Crippen LogP contribution in [0.15, 0.2) is 24.3 Å². The Morgan fingerprint density at radius 2 is 1.81 bits per heavy atom. The second-order valence-electron chi connectivity index (χ2n) is 5.30. The van der Waals surface area contributed by atoms with Gasteiger partial charge in [0.15, 0.2) is 0 Å². The van der Waals surface area contributed by atoms with Crippen LogP contribution in [0.2, 0.25) is 0 Å². The Morgan fingerprint density at radius 3 is 2.50 bits per heavy atom. The van der Waals surface area contributed by atoms with Gasteiger partial charge in [0.1, 0.15) is 5.82 Å². The van der Waals surface area contributed by atoms with Gasteiger partial charge < -0.3 is 5.32 Å². The third-order valence-electron chi connectivity index (χ3n) is 4.44. The molecule has 2 heteroatoms. The Kier molecular flexibility index (Phi) is 2.47. The van der Waals surface area contributed by atoms with Gasteiger partial charge in [-0.15, -0.1) is 0 Å². The smallest absolute Gasteiger partial charge is 0.123 e. The lowest BCUT2D eigenvalue weighted by Gasteiger charge is -2.30. The lowest BCUT2D eigenvalue weighted by molar-refractivity contribution is 0.295. The van der Waals surface area contributed by atoms with Crippen LogP contribution < -0.4 is 5.32 Å². The summed E-state index contributed by atoms with van der Waals surface area (Å²) in [5, 5.41) is 3.52. The van der Waals surface area contributed by atoms with E-state index in [1.807, 2.05) is 12.1 Å². The van der Waals surface area contributed by atoms with Gasteiger partial charge in [0.25, 0.3) is 0 Å². The number of hydrogen-bond acceptors (Lipinski definition) is 1. The minimum atomic E-state index is -0.129. The zero-order chi connectivity index (χ0) is 11.0. The van der Waals surface area contributed by atoms with Gasteiger partial charge in [-0.25, -0.2) is 4.39 Å². The molecule has 0 radical (unpaired) electrons. The van der Waals surface area contributed by atoms with Crippen LogP contribution in [-0.2, 0) is 0 Å². The molecule has 2 aliphatic rings. The molecule has 3 rings (SSSR count). The molecule has 1 aromatic carbocycles. The van der Waals surface area contributed by atoms with Gasteiger partial charge in [-0.05, 0) is 36.0 Å². The van der Waals surface area contributed by atoms with Crippen molar-refractivity contribution in [3.8, 4) is 0 Å². The zero-order valence-corrected chi connectivity index (χ0v) is 9.51. The molecule has 1 aliphatic carbocycles. The van der Waals surface area contributed by atoms with Crippen molar-refractivity contribution >= 4 is 0 Å². The maximum atomic E-state index is 12.9. The highest BCUT2D eigenvalue weighted by Gasteiger charge is 2.45. The van der Waals surface area contributed by atoms with Gasteiger partial charge in [-0.2, -0.15) is 0 Å². The summed E-state index contributed by atoms with van der Waals surface area (Å²) in [7, 11) is 0. The zero-order valence-electron chi connectivity index (χ0n) is 9.51. The van der Waals surface area contributed by atoms with E-state index in [-0.39, 0.29) is 5.82 Å². The molecule has 86 valence electrons. The molecular formula is C14H18FN. The lowest BCUT2D eigenvalue weighted by Crippen LogP contribution is -2.25. The third-order valence-corrected chi connectivity index (χ3v) is 4.44. The summed E-state index contributed by atoms with van der Waals surface area (Å²) in [4.78, 5) is 0. The van der Waals surface area contributed by atoms with E-state index in [0.29, 0.717) is 11.3 Å². The van der Waals surface area contributed by atoms with E-state index in [1.54, 1.807) is 12.1 Å². The maximum Gasteiger partial charge on any atom is 0.123 e. The molecule has 1 aromatic rings. The fourth-order valence-electron chi connectivity index (χ4n) is 3.58. The predicted octanol–water partition coefficient (Wildman–Crippen LogP) is 3.07. The van der Waals surface area contributed by atoms with E-state index in [0.717, 1.165) is 13.1 Å². The quantitative estimate of drug-likeness (QED) is 0.765. The van der Waals surface area contributed by atoms with Gasteiger partial charge in [0.05, 0.1) is 0 Å². The van der Waals surface area contributed by atoms with Crippen molar-refractivity contribution in [2.75, 3.05) is 13.1 Å². The summed E-state index contributed by atoms with van der Waals surface area (Å²) in [5.74, 6) is 0.464. The van der Waals surface area contributed by atoms with Gasteiger partial charge in [0.2, 0.25) is 0 Å². The molecule has 0 bridgehead atoms. The normalized spacial score (nSPS) is 27.7. The molecule has 16 heavy (non-hydrogen) atoms. The number of benzene rings is 1. The maximum absolute atomic E-state index is 12.9. The van der Waals surface area contributed by atoms with Gasteiger partial charge in [0, 0.05) is 19.0 Å². The number of halogens is 1. The largest absolute Gasteiger partial charge is 0.316 e. The highest BCUT2D eigenvalue weighted by atomic mass is 19.1. The standard InChI is InChI=1S/C14H18FN/c15-12-5-3-11(4-6-12)13-9-16-10-14(13)7-1-2-8-14/h3-6,13,16H,1-2,7-10H2. The molecule has 1 saturated carbocycles. The Balaban J connectivity index is 1.91. The van der Waals surface area contributed by atoms with Crippen LogP contribution in [0.4, 0.5) is 4.39 Å². The molecular weight excluding hydrogens is 201 g/mol. The van der Waals surface area contributed by atoms with Crippen molar-refractivity contribution in [1.29, 1.82) is 0 Å². The Morgan fingerprint density at radius 1 is 1.12 bits per heavy atom. The Labute approximate surface area is 96.1 Å². The van der Waals surface area contributed by atoms with E-state index >= 15 is 0 Å². The van der Waals surface area contributed by atoms with Gasteiger partial charge >= 0.3 is 0 Å². The van der Waals surface area contributed by atoms with Crippen LogP contribution in [-0.4, -0.2) is 13.1 Å². The molecule has 1 aliphatic heterocycles. The molecule has 1 atom stereocenters. The molecule has 0 amide bonds. The third kappa shape index (κ3) is 1.56. The fourth-order valence-corrected chi connectivity index (χ4v) is 3.58. The summed E-state index contributed by atoms with van der Waals surface area (Å²) >= 11 is 0. The van der Waals surface area contributed by atoms with Crippen molar-refractivity contribution in [3.05, 3.63) is 35.6 Å². The minimum absolute atomic E-state index is 0.129. The van der Waals surface area contributed by atoms with E-state index in [1.165, 1.54) is 31.2 Å². The first kappa shape index (κ1) is 10.3. The minimum Gasteiger partial charge on any atom is -0.316 e. The van der Waals surface area contributed by atoms with Crippen molar-refractivity contribution in [3.63, 3.8) is 0 Å². The SMILES string of the molecule is Fc1ccc(C2CNCC23CCCC3)cc1. The molecule has 2 fully saturated rings. The average Bonchev–Trinajstić information content (AvgIpc) is 2.91. The van der Waals surface area contributed by atoms with Crippen LogP contribution in [0.3, 0.4) is 0 Å². The summed E-state index contributed by atoms with van der Waals surface area (Å²) in [6, 6.07) is 7.12. The van der Waals surface area contributed by atoms with Crippen molar-refractivity contribution < 1.29 is 4.39 Å². The second kappa shape index (κ2) is 3.85. The molecule has 1 N–H and O–H groups in total. The highest BCUT2D eigenvalue weighted by Crippen LogP contribution is 2.50. The molecule has 1 nitrogen and oxygen atoms in total. The van der Waals surface area contributed by atoms with Crippen molar-refractivity contribution in [2.24, 2.45) is 5.41 Å². The van der Waals surface area contributed by atoms with Crippen LogP contribution in [0, 0.1) is 11.2 Å². The highest BCUT2D eigenvalue weighted by molar-refractivity contribution is 5.26. The number of hydrogen-bond donors (Lipinski definition) is 1. The van der Waals surface area contributed by atoms with Crippen LogP contribution in [0.1, 0.15) is 37.2 Å². The average molecular weight is 219 g/mol. The van der Waals surface area contributed by atoms with Crippen molar-refractivity contribution in [2.45, 2.75) is 31.6 Å². The molecule has 1 spiro atoms. The van der Waals surface area contributed by atoms with Crippen LogP contribution >= 0.6 is 0 Å². The van der Waals surface area contributed by atoms with Crippen LogP contribution in [0.25, 0.3) is 0 Å². The molecule has 1 heterocycles. The first-order valence-corrected chi connectivity index (χ1v) is 6.26. The summed E-state index contributed by atoms with van der Waals surface area (Å²) in [5.41, 5.74) is 1.78. The summed E-state index contributed by atoms with van der Waals surface area (Å²) < 4.78 is 12.9. The summed E-state index contributed by atoms with van der Waals surface area (Å²) in [6.07, 6.45) is 5.39. The monoisotopic (exact) mass is 219 g/mol. The van der Waals surface area contributed by atoms with Gasteiger partial charge in [-0.3, -0.25) is 0 Å². The number of nitrogens with one attached hydrogen (secondary N) is 1. The predicted molar refractivity (Wildman–Crippen MR) is 62.9 cm³/mol. The van der Waals surface area contributed by atoms with Crippen LogP contribution in [0.5, 0.6) is 0 Å². The Hall–Kier alpha value is -0.890. The van der Waals surface area contributed by atoms with E-state index in [4.69, 9.17) is 0 Å². The van der Waals surface area contributed by atoms with E-state index in [9.17, 15) is 4.39 Å². The molecule has 1 saturated heterocycles. The first-order valence-electron chi connectivity index (χ1n) is 6.26. The number of rotatable bonds is 1. The summed E-state index contributed by atoms with van der Waals surface area (Å²) in [6.45, 7) is 2.21. The first-order chi connectivity index (χ1) is 7.80. The topological polar surface area (TPSA) is 12.0 Å². The fraction of sp³-hybridized carbons (Fsp3) is 0.571. The van der Waals surface area contributed by atoms with Crippen molar-refractivity contribution in [1.82, 2.24) is 5.32 Å². The second-order valence-corrected chi connectivity index (χ2v) is 5.30. The molecule has 0 aromatic heterocycles. The molecule has 1 unspecified atom stereocenters. The lowest BCUT2D eigenvalue weighted by atomic mass is 9.73.